The summed E-state index contributed by atoms with van der Waals surface area (Å²) in [7, 11) is 1.55. The lowest BCUT2D eigenvalue weighted by atomic mass is 10.4. The predicted molar refractivity (Wildman–Crippen MR) is 54.6 cm³/mol. The molecule has 0 aromatic carbocycles. The fourth-order valence-electron chi connectivity index (χ4n) is 1.20. The van der Waals surface area contributed by atoms with Crippen LogP contribution in [0.15, 0.2) is 12.3 Å². The molecular weight excluding hydrogens is 213 g/mol. The number of nitrogens with one attached hydrogen (secondary N) is 1. The number of carbonyl (C=O) groups is 1. The summed E-state index contributed by atoms with van der Waals surface area (Å²) in [6.45, 7) is 0.230. The van der Waals surface area contributed by atoms with E-state index in [-0.39, 0.29) is 24.3 Å². The molecule has 7 nitrogen and oxygen atoms in total. The minimum absolute atomic E-state index is 0.132. The Hall–Kier alpha value is -2.36. The van der Waals surface area contributed by atoms with Crippen molar-refractivity contribution in [3.8, 4) is 6.07 Å². The van der Waals surface area contributed by atoms with E-state index in [1.165, 1.54) is 16.8 Å². The molecule has 1 rings (SSSR count). The number of nitrogens with zero attached hydrogens (tertiary/aromatic N) is 3. The van der Waals surface area contributed by atoms with Crippen molar-refractivity contribution in [2.75, 3.05) is 6.54 Å². The van der Waals surface area contributed by atoms with Gasteiger partial charge in [0, 0.05) is 19.7 Å². The lowest BCUT2D eigenvalue weighted by molar-refractivity contribution is -0.384. The van der Waals surface area contributed by atoms with Crippen molar-refractivity contribution in [3.05, 3.63) is 28.1 Å². The van der Waals surface area contributed by atoms with Gasteiger partial charge in [0.2, 0.25) is 0 Å². The predicted octanol–water partition coefficient (Wildman–Crippen LogP) is 0.577. The van der Waals surface area contributed by atoms with E-state index in [1.807, 2.05) is 6.07 Å². The topological polar surface area (TPSA) is 101 Å². The summed E-state index contributed by atoms with van der Waals surface area (Å²) in [5.41, 5.74) is 0.0672. The lowest BCUT2D eigenvalue weighted by Gasteiger charge is -2.02. The highest BCUT2D eigenvalue weighted by Crippen LogP contribution is 2.14. The van der Waals surface area contributed by atoms with Crippen molar-refractivity contribution in [2.45, 2.75) is 6.42 Å². The largest absolute Gasteiger partial charge is 0.350 e. The van der Waals surface area contributed by atoms with Gasteiger partial charge in [0.15, 0.2) is 0 Å². The maximum absolute atomic E-state index is 11.5. The first-order chi connectivity index (χ1) is 7.56. The summed E-state index contributed by atoms with van der Waals surface area (Å²) < 4.78 is 1.37. The number of rotatable bonds is 4. The lowest BCUT2D eigenvalue weighted by Crippen LogP contribution is -2.25. The third-order valence-corrected chi connectivity index (χ3v) is 1.96. The van der Waals surface area contributed by atoms with Crippen molar-refractivity contribution < 1.29 is 9.72 Å². The molecule has 0 fully saturated rings. The third-order valence-electron chi connectivity index (χ3n) is 1.96. The van der Waals surface area contributed by atoms with Crippen molar-refractivity contribution in [3.63, 3.8) is 0 Å². The first kappa shape index (κ1) is 11.7. The van der Waals surface area contributed by atoms with Crippen LogP contribution in [0.25, 0.3) is 0 Å². The Balaban J connectivity index is 2.76. The van der Waals surface area contributed by atoms with Crippen molar-refractivity contribution in [2.24, 2.45) is 7.05 Å². The molecule has 1 aromatic rings. The molecule has 0 saturated carbocycles. The molecule has 84 valence electrons. The maximum atomic E-state index is 11.5. The molecule has 0 radical (unpaired) electrons. The van der Waals surface area contributed by atoms with Crippen LogP contribution >= 0.6 is 0 Å². The SMILES string of the molecule is Cn1cc([N+](=O)[O-])cc1C(=O)[15NH]CCC#N. The maximum Gasteiger partial charge on any atom is 0.287 e. The minimum atomic E-state index is -0.563. The summed E-state index contributed by atoms with van der Waals surface area (Å²) in [4.78, 5) is 21.4. The van der Waals surface area contributed by atoms with E-state index in [9.17, 15) is 14.9 Å². The Bertz CT molecular complexity index is 458. The molecule has 0 bridgehead atoms. The Morgan fingerprint density at radius 3 is 2.94 bits per heavy atom. The van der Waals surface area contributed by atoms with Crippen LogP contribution in [-0.2, 0) is 7.05 Å². The van der Waals surface area contributed by atoms with Crippen LogP contribution in [0.1, 0.15) is 16.9 Å². The van der Waals surface area contributed by atoms with Crippen LogP contribution in [0.5, 0.6) is 0 Å². The van der Waals surface area contributed by atoms with E-state index < -0.39 is 10.8 Å². The molecule has 0 aliphatic heterocycles. The molecule has 7 heteroatoms. The number of aromatic nitrogens is 1. The average Bonchev–Trinajstić information content (AvgIpc) is 2.61. The molecule has 0 saturated heterocycles. The van der Waals surface area contributed by atoms with Crippen LogP contribution in [0.3, 0.4) is 0 Å². The van der Waals surface area contributed by atoms with E-state index in [0.717, 1.165) is 0 Å². The van der Waals surface area contributed by atoms with Gasteiger partial charge < -0.3 is 9.88 Å². The van der Waals surface area contributed by atoms with Crippen LogP contribution in [0.4, 0.5) is 5.69 Å². The van der Waals surface area contributed by atoms with Crippen LogP contribution in [-0.4, -0.2) is 21.9 Å². The van der Waals surface area contributed by atoms with Gasteiger partial charge in [-0.2, -0.15) is 5.26 Å². The van der Waals surface area contributed by atoms with Crippen molar-refractivity contribution in [1.82, 2.24) is 9.88 Å². The first-order valence-corrected chi connectivity index (χ1v) is 4.52. The van der Waals surface area contributed by atoms with Gasteiger partial charge in [-0.1, -0.05) is 0 Å². The number of hydrogen-bond donors (Lipinski definition) is 1. The van der Waals surface area contributed by atoms with E-state index in [4.69, 9.17) is 5.26 Å². The second kappa shape index (κ2) is 4.93. The van der Waals surface area contributed by atoms with Gasteiger partial charge >= 0.3 is 0 Å². The first-order valence-electron chi connectivity index (χ1n) is 4.52. The molecule has 0 aliphatic rings. The van der Waals surface area contributed by atoms with Crippen molar-refractivity contribution in [1.29, 1.82) is 5.26 Å². The second-order valence-electron chi connectivity index (χ2n) is 3.12. The van der Waals surface area contributed by atoms with Crippen molar-refractivity contribution >= 4 is 11.6 Å². The summed E-state index contributed by atoms with van der Waals surface area (Å²) in [6, 6.07) is 3.08. The van der Waals surface area contributed by atoms with E-state index in [1.54, 1.807) is 7.05 Å². The van der Waals surface area contributed by atoms with Gasteiger partial charge in [0.1, 0.15) is 5.69 Å². The van der Waals surface area contributed by atoms with Crippen LogP contribution in [0.2, 0.25) is 0 Å². The smallest absolute Gasteiger partial charge is 0.287 e. The minimum Gasteiger partial charge on any atom is -0.350 e. The molecule has 0 spiro atoms. The standard InChI is InChI=1S/C9H10N4O3/c1-12-6-7(13(15)16)5-8(12)9(14)11-4-2-3-10/h5-6H,2,4H2,1H3,(H,11,14)/i11+1. The highest BCUT2D eigenvalue weighted by molar-refractivity contribution is 5.93. The molecular formula is C9H10N4O3. The number of aryl methyl sites for hydroxylation is 1. The second-order valence-corrected chi connectivity index (χ2v) is 3.12. The van der Waals surface area contributed by atoms with Gasteiger partial charge in [0.25, 0.3) is 11.6 Å². The summed E-state index contributed by atoms with van der Waals surface area (Å²) in [5, 5.41) is 21.2. The fourth-order valence-corrected chi connectivity index (χ4v) is 1.20. The van der Waals surface area contributed by atoms with Gasteiger partial charge in [-0.3, -0.25) is 14.9 Å². The molecule has 0 atom stereocenters. The average molecular weight is 223 g/mol. The zero-order valence-electron chi connectivity index (χ0n) is 8.64. The Labute approximate surface area is 91.4 Å². The number of amides is 1. The fraction of sp³-hybridized carbons (Fsp3) is 0.333. The summed E-state index contributed by atoms with van der Waals surface area (Å²) in [6.07, 6.45) is 1.47. The Morgan fingerprint density at radius 2 is 2.44 bits per heavy atom. The molecule has 0 aliphatic carbocycles. The molecule has 1 amide bonds. The van der Waals surface area contributed by atoms with Crippen LogP contribution < -0.4 is 5.32 Å². The molecule has 16 heavy (non-hydrogen) atoms. The number of nitro groups is 1. The van der Waals surface area contributed by atoms with E-state index in [2.05, 4.69) is 5.32 Å². The molecule has 1 aromatic heterocycles. The van der Waals surface area contributed by atoms with Gasteiger partial charge in [-0.25, -0.2) is 0 Å². The van der Waals surface area contributed by atoms with E-state index in [0.29, 0.717) is 0 Å². The van der Waals surface area contributed by atoms with Crippen LogP contribution in [0, 0.1) is 21.4 Å². The molecule has 1 heterocycles. The third kappa shape index (κ3) is 2.57. The monoisotopic (exact) mass is 223 g/mol. The number of carbonyl (C=O) groups excluding carboxylic acids is 1. The number of nitriles is 1. The van der Waals surface area contributed by atoms with Gasteiger partial charge in [0.05, 0.1) is 23.6 Å². The van der Waals surface area contributed by atoms with Gasteiger partial charge in [-0.05, 0) is 0 Å². The quantitative estimate of drug-likeness (QED) is 0.349. The zero-order valence-corrected chi connectivity index (χ0v) is 8.64. The normalized spacial score (nSPS) is 9.50. The zero-order chi connectivity index (χ0) is 12.1. The Kier molecular flexibility index (Phi) is 3.61. The summed E-state index contributed by atoms with van der Waals surface area (Å²) >= 11 is 0. The van der Waals surface area contributed by atoms with E-state index >= 15 is 0 Å². The summed E-state index contributed by atoms with van der Waals surface area (Å²) in [5.74, 6) is -0.425. The highest BCUT2D eigenvalue weighted by atomic mass is 16.6. The number of hydrogen-bond acceptors (Lipinski definition) is 4. The Morgan fingerprint density at radius 1 is 1.75 bits per heavy atom. The molecule has 0 unspecified atom stereocenters. The van der Waals surface area contributed by atoms with Gasteiger partial charge in [-0.15, -0.1) is 0 Å². The highest BCUT2D eigenvalue weighted by Gasteiger charge is 2.16. The molecule has 1 N–H and O–H groups in total.